The number of aromatic nitrogens is 1. The maximum absolute atomic E-state index is 12.9. The molecule has 3 N–H and O–H groups in total. The van der Waals surface area contributed by atoms with E-state index in [-0.39, 0.29) is 6.54 Å². The Hall–Kier alpha value is -2.47. The van der Waals surface area contributed by atoms with Gasteiger partial charge < -0.3 is 15.7 Å². The zero-order chi connectivity index (χ0) is 14.4. The van der Waals surface area contributed by atoms with Crippen molar-refractivity contribution >= 4 is 11.7 Å². The summed E-state index contributed by atoms with van der Waals surface area (Å²) < 4.78 is 12.9. The molecule has 2 rings (SSSR count). The van der Waals surface area contributed by atoms with Crippen LogP contribution in [0.2, 0.25) is 0 Å². The molecule has 0 aliphatic rings. The minimum absolute atomic E-state index is 0.0468. The molecule has 104 valence electrons. The number of carbonyl (C=O) groups is 1. The lowest BCUT2D eigenvalue weighted by Gasteiger charge is -2.12. The van der Waals surface area contributed by atoms with Crippen molar-refractivity contribution < 1.29 is 14.3 Å². The summed E-state index contributed by atoms with van der Waals surface area (Å²) in [7, 11) is 0. The Kier molecular flexibility index (Phi) is 4.62. The van der Waals surface area contributed by atoms with Crippen LogP contribution >= 0.6 is 0 Å². The first-order chi connectivity index (χ1) is 9.65. The van der Waals surface area contributed by atoms with Gasteiger partial charge in [-0.15, -0.1) is 0 Å². The summed E-state index contributed by atoms with van der Waals surface area (Å²) in [5.41, 5.74) is 1.01. The van der Waals surface area contributed by atoms with Crippen molar-refractivity contribution in [1.82, 2.24) is 10.3 Å². The van der Waals surface area contributed by atoms with E-state index < -0.39 is 18.0 Å². The summed E-state index contributed by atoms with van der Waals surface area (Å²) in [4.78, 5) is 15.4. The lowest BCUT2D eigenvalue weighted by atomic mass is 10.1. The molecule has 0 spiro atoms. The molecule has 0 aliphatic heterocycles. The van der Waals surface area contributed by atoms with Crippen molar-refractivity contribution in [2.24, 2.45) is 0 Å². The van der Waals surface area contributed by atoms with Crippen LogP contribution in [0.5, 0.6) is 0 Å². The lowest BCUT2D eigenvalue weighted by molar-refractivity contribution is 0.175. The largest absolute Gasteiger partial charge is 0.387 e. The molecule has 1 heterocycles. The zero-order valence-corrected chi connectivity index (χ0v) is 10.6. The summed E-state index contributed by atoms with van der Waals surface area (Å²) in [5, 5.41) is 14.8. The number of carbonyl (C=O) groups excluding carboxylic acids is 1. The lowest BCUT2D eigenvalue weighted by Crippen LogP contribution is -2.32. The van der Waals surface area contributed by atoms with E-state index in [0.717, 1.165) is 0 Å². The number of nitrogens with zero attached hydrogens (tertiary/aromatic N) is 1. The molecule has 0 saturated heterocycles. The Labute approximate surface area is 115 Å². The molecule has 0 fully saturated rings. The molecule has 2 amide bonds. The van der Waals surface area contributed by atoms with Crippen LogP contribution in [0.1, 0.15) is 11.7 Å². The Morgan fingerprint density at radius 1 is 1.30 bits per heavy atom. The second-order valence-corrected chi connectivity index (χ2v) is 4.14. The Morgan fingerprint density at radius 3 is 2.75 bits per heavy atom. The van der Waals surface area contributed by atoms with Crippen LogP contribution in [0.4, 0.5) is 14.9 Å². The average Bonchev–Trinajstić information content (AvgIpc) is 2.46. The Morgan fingerprint density at radius 2 is 2.05 bits per heavy atom. The molecule has 6 heteroatoms. The van der Waals surface area contributed by atoms with Gasteiger partial charge in [-0.3, -0.25) is 4.98 Å². The number of benzene rings is 1. The molecule has 0 radical (unpaired) electrons. The van der Waals surface area contributed by atoms with Crippen LogP contribution in [0.3, 0.4) is 0 Å². The van der Waals surface area contributed by atoms with Gasteiger partial charge >= 0.3 is 6.03 Å². The number of amides is 2. The van der Waals surface area contributed by atoms with Gasteiger partial charge in [-0.05, 0) is 35.9 Å². The molecule has 1 aromatic heterocycles. The number of aliphatic hydroxyl groups excluding tert-OH is 1. The van der Waals surface area contributed by atoms with E-state index >= 15 is 0 Å². The SMILES string of the molecule is O=C(NC[C@@H](O)c1ccncc1)Nc1cccc(F)c1. The van der Waals surface area contributed by atoms with E-state index in [9.17, 15) is 14.3 Å². The smallest absolute Gasteiger partial charge is 0.319 e. The van der Waals surface area contributed by atoms with Crippen molar-refractivity contribution in [2.75, 3.05) is 11.9 Å². The number of pyridine rings is 1. The van der Waals surface area contributed by atoms with Crippen molar-refractivity contribution in [3.8, 4) is 0 Å². The monoisotopic (exact) mass is 275 g/mol. The highest BCUT2D eigenvalue weighted by molar-refractivity contribution is 5.89. The molecule has 0 bridgehead atoms. The molecule has 0 aliphatic carbocycles. The third-order valence-corrected chi connectivity index (χ3v) is 2.63. The maximum Gasteiger partial charge on any atom is 0.319 e. The van der Waals surface area contributed by atoms with Gasteiger partial charge in [0.05, 0.1) is 6.10 Å². The number of anilines is 1. The summed E-state index contributed by atoms with van der Waals surface area (Å²) in [6, 6.07) is 8.38. The van der Waals surface area contributed by atoms with Gasteiger partial charge in [0.1, 0.15) is 5.82 Å². The van der Waals surface area contributed by atoms with Crippen LogP contribution in [0.25, 0.3) is 0 Å². The molecule has 1 atom stereocenters. The first-order valence-corrected chi connectivity index (χ1v) is 6.03. The summed E-state index contributed by atoms with van der Waals surface area (Å²) >= 11 is 0. The molecule has 5 nitrogen and oxygen atoms in total. The van der Waals surface area contributed by atoms with Gasteiger partial charge in [-0.1, -0.05) is 6.07 Å². The molecule has 0 unspecified atom stereocenters. The topological polar surface area (TPSA) is 74.2 Å². The second kappa shape index (κ2) is 6.63. The third-order valence-electron chi connectivity index (χ3n) is 2.63. The van der Waals surface area contributed by atoms with Gasteiger partial charge in [-0.2, -0.15) is 0 Å². The fraction of sp³-hybridized carbons (Fsp3) is 0.143. The number of nitrogens with one attached hydrogen (secondary N) is 2. The molecular formula is C14H14FN3O2. The van der Waals surface area contributed by atoms with E-state index in [1.54, 1.807) is 30.6 Å². The van der Waals surface area contributed by atoms with Crippen LogP contribution in [0, 0.1) is 5.82 Å². The van der Waals surface area contributed by atoms with Gasteiger partial charge in [0.25, 0.3) is 0 Å². The second-order valence-electron chi connectivity index (χ2n) is 4.14. The van der Waals surface area contributed by atoms with Crippen LogP contribution in [-0.4, -0.2) is 22.7 Å². The normalized spacial score (nSPS) is 11.7. The van der Waals surface area contributed by atoms with Gasteiger partial charge in [0, 0.05) is 24.6 Å². The van der Waals surface area contributed by atoms with Crippen molar-refractivity contribution in [1.29, 1.82) is 0 Å². The van der Waals surface area contributed by atoms with E-state index in [4.69, 9.17) is 0 Å². The molecule has 1 aromatic carbocycles. The van der Waals surface area contributed by atoms with E-state index in [2.05, 4.69) is 15.6 Å². The number of urea groups is 1. The highest BCUT2D eigenvalue weighted by Crippen LogP contribution is 2.11. The number of rotatable bonds is 4. The van der Waals surface area contributed by atoms with Gasteiger partial charge in [0.15, 0.2) is 0 Å². The van der Waals surface area contributed by atoms with Crippen LogP contribution in [-0.2, 0) is 0 Å². The first kappa shape index (κ1) is 14.0. The summed E-state index contributed by atoms with van der Waals surface area (Å²) in [6.07, 6.45) is 2.30. The molecular weight excluding hydrogens is 261 g/mol. The average molecular weight is 275 g/mol. The van der Waals surface area contributed by atoms with Gasteiger partial charge in [0.2, 0.25) is 0 Å². The highest BCUT2D eigenvalue weighted by atomic mass is 19.1. The van der Waals surface area contributed by atoms with E-state index in [0.29, 0.717) is 11.3 Å². The predicted molar refractivity (Wildman–Crippen MR) is 72.6 cm³/mol. The molecule has 20 heavy (non-hydrogen) atoms. The number of hydrogen-bond acceptors (Lipinski definition) is 3. The van der Waals surface area contributed by atoms with Crippen molar-refractivity contribution in [3.05, 3.63) is 60.2 Å². The van der Waals surface area contributed by atoms with E-state index in [1.807, 2.05) is 0 Å². The first-order valence-electron chi connectivity index (χ1n) is 6.03. The Bertz CT molecular complexity index is 578. The van der Waals surface area contributed by atoms with Gasteiger partial charge in [-0.25, -0.2) is 9.18 Å². The Balaban J connectivity index is 1.83. The minimum atomic E-state index is -0.823. The third kappa shape index (κ3) is 4.03. The number of hydrogen-bond donors (Lipinski definition) is 3. The van der Waals surface area contributed by atoms with Crippen LogP contribution < -0.4 is 10.6 Å². The summed E-state index contributed by atoms with van der Waals surface area (Å²) in [5.74, 6) is -0.431. The fourth-order valence-corrected chi connectivity index (χ4v) is 1.63. The quantitative estimate of drug-likeness (QED) is 0.799. The highest BCUT2D eigenvalue weighted by Gasteiger charge is 2.09. The molecule has 0 saturated carbocycles. The summed E-state index contributed by atoms with van der Waals surface area (Å²) in [6.45, 7) is 0.0468. The predicted octanol–water partition coefficient (Wildman–Crippen LogP) is 2.08. The van der Waals surface area contributed by atoms with Crippen molar-refractivity contribution in [2.45, 2.75) is 6.10 Å². The number of aliphatic hydroxyl groups is 1. The zero-order valence-electron chi connectivity index (χ0n) is 10.6. The number of halogens is 1. The molecule has 2 aromatic rings. The van der Waals surface area contributed by atoms with E-state index in [1.165, 1.54) is 18.2 Å². The maximum atomic E-state index is 12.9. The minimum Gasteiger partial charge on any atom is -0.387 e. The van der Waals surface area contributed by atoms with Crippen molar-refractivity contribution in [3.63, 3.8) is 0 Å². The van der Waals surface area contributed by atoms with Crippen LogP contribution in [0.15, 0.2) is 48.8 Å². The fourth-order valence-electron chi connectivity index (χ4n) is 1.63. The standard InChI is InChI=1S/C14H14FN3O2/c15-11-2-1-3-12(8-11)18-14(20)17-9-13(19)10-4-6-16-7-5-10/h1-8,13,19H,9H2,(H2,17,18,20)/t13-/m1/s1.